The molecule has 0 radical (unpaired) electrons. The average Bonchev–Trinajstić information content (AvgIpc) is 2.45. The summed E-state index contributed by atoms with van der Waals surface area (Å²) in [5.41, 5.74) is 1.47. The molecule has 1 heterocycles. The third-order valence-electron chi connectivity index (χ3n) is 4.11. The Bertz CT molecular complexity index is 595. The zero-order valence-electron chi connectivity index (χ0n) is 12.0. The van der Waals surface area contributed by atoms with Gasteiger partial charge in [-0.25, -0.2) is 8.42 Å². The molecule has 2 rings (SSSR count). The monoisotopic (exact) mass is 295 g/mol. The van der Waals surface area contributed by atoms with Gasteiger partial charge in [-0.1, -0.05) is 19.4 Å². The second kappa shape index (κ2) is 6.04. The van der Waals surface area contributed by atoms with Crippen molar-refractivity contribution in [2.75, 3.05) is 6.26 Å². The molecule has 20 heavy (non-hydrogen) atoms. The van der Waals surface area contributed by atoms with E-state index in [-0.39, 0.29) is 17.0 Å². The number of hydrogen-bond donors (Lipinski definition) is 0. The number of pyridine rings is 1. The van der Waals surface area contributed by atoms with Gasteiger partial charge in [0.25, 0.3) is 0 Å². The molecule has 0 amide bonds. The summed E-state index contributed by atoms with van der Waals surface area (Å²) in [6.07, 6.45) is 6.33. The summed E-state index contributed by atoms with van der Waals surface area (Å²) in [7, 11) is -3.06. The molecular formula is C15H21NO3S. The second-order valence-corrected chi connectivity index (χ2v) is 7.87. The summed E-state index contributed by atoms with van der Waals surface area (Å²) in [4.78, 5) is 16.8. The van der Waals surface area contributed by atoms with E-state index in [1.165, 1.54) is 6.26 Å². The van der Waals surface area contributed by atoms with Gasteiger partial charge in [-0.3, -0.25) is 9.78 Å². The molecule has 1 aliphatic carbocycles. The van der Waals surface area contributed by atoms with Crippen molar-refractivity contribution in [1.82, 2.24) is 4.98 Å². The first kappa shape index (κ1) is 15.2. The number of rotatable bonds is 4. The fraction of sp³-hybridized carbons (Fsp3) is 0.600. The van der Waals surface area contributed by atoms with E-state index in [4.69, 9.17) is 0 Å². The van der Waals surface area contributed by atoms with E-state index in [1.54, 1.807) is 6.20 Å². The summed E-state index contributed by atoms with van der Waals surface area (Å²) < 4.78 is 23.4. The Labute approximate surface area is 120 Å². The average molecular weight is 295 g/mol. The Balaban J connectivity index is 2.21. The maximum absolute atomic E-state index is 12.6. The summed E-state index contributed by atoms with van der Waals surface area (Å²) in [5.74, 6) is -0.195. The molecule has 1 fully saturated rings. The fourth-order valence-electron chi connectivity index (χ4n) is 2.91. The number of hydrogen-bond acceptors (Lipinski definition) is 4. The van der Waals surface area contributed by atoms with E-state index in [9.17, 15) is 13.2 Å². The number of sulfone groups is 1. The van der Waals surface area contributed by atoms with Gasteiger partial charge >= 0.3 is 0 Å². The lowest BCUT2D eigenvalue weighted by atomic mass is 9.84. The minimum Gasteiger partial charge on any atom is -0.292 e. The molecule has 0 bridgehead atoms. The SMILES string of the molecule is CCc1cccnc1C(=O)C1CCCC(S(C)(=O)=O)C1. The van der Waals surface area contributed by atoms with Crippen molar-refractivity contribution in [3.8, 4) is 0 Å². The van der Waals surface area contributed by atoms with Crippen LogP contribution >= 0.6 is 0 Å². The Morgan fingerprint density at radius 3 is 2.80 bits per heavy atom. The van der Waals surface area contributed by atoms with Crippen LogP contribution in [0, 0.1) is 5.92 Å². The Morgan fingerprint density at radius 2 is 2.15 bits per heavy atom. The highest BCUT2D eigenvalue weighted by Gasteiger charge is 2.33. The highest BCUT2D eigenvalue weighted by Crippen LogP contribution is 2.31. The van der Waals surface area contributed by atoms with Crippen LogP contribution in [0.3, 0.4) is 0 Å². The van der Waals surface area contributed by atoms with Gasteiger partial charge in [0, 0.05) is 18.4 Å². The molecule has 1 aromatic heterocycles. The van der Waals surface area contributed by atoms with Crippen molar-refractivity contribution in [3.05, 3.63) is 29.6 Å². The van der Waals surface area contributed by atoms with Crippen molar-refractivity contribution >= 4 is 15.6 Å². The predicted molar refractivity (Wildman–Crippen MR) is 78.5 cm³/mol. The Morgan fingerprint density at radius 1 is 1.40 bits per heavy atom. The van der Waals surface area contributed by atoms with E-state index in [0.717, 1.165) is 24.8 Å². The van der Waals surface area contributed by atoms with Crippen molar-refractivity contribution in [1.29, 1.82) is 0 Å². The maximum atomic E-state index is 12.6. The van der Waals surface area contributed by atoms with Gasteiger partial charge in [-0.15, -0.1) is 0 Å². The van der Waals surface area contributed by atoms with Crippen LogP contribution in [-0.4, -0.2) is 30.7 Å². The van der Waals surface area contributed by atoms with Crippen LogP contribution in [0.25, 0.3) is 0 Å². The van der Waals surface area contributed by atoms with Crippen LogP contribution < -0.4 is 0 Å². The topological polar surface area (TPSA) is 64.1 Å². The molecule has 1 aromatic rings. The van der Waals surface area contributed by atoms with Crippen LogP contribution in [0.15, 0.2) is 18.3 Å². The predicted octanol–water partition coefficient (Wildman–Crippen LogP) is 2.43. The van der Waals surface area contributed by atoms with Crippen molar-refractivity contribution in [2.45, 2.75) is 44.3 Å². The van der Waals surface area contributed by atoms with Gasteiger partial charge in [0.05, 0.1) is 5.25 Å². The smallest absolute Gasteiger partial charge is 0.184 e. The highest BCUT2D eigenvalue weighted by molar-refractivity contribution is 7.91. The van der Waals surface area contributed by atoms with Gasteiger partial charge in [0.2, 0.25) is 0 Å². The van der Waals surface area contributed by atoms with E-state index < -0.39 is 9.84 Å². The van der Waals surface area contributed by atoms with Gasteiger partial charge < -0.3 is 0 Å². The number of carbonyl (C=O) groups excluding carboxylic acids is 1. The van der Waals surface area contributed by atoms with E-state index in [2.05, 4.69) is 4.98 Å². The first-order valence-electron chi connectivity index (χ1n) is 7.10. The first-order chi connectivity index (χ1) is 9.43. The van der Waals surface area contributed by atoms with Crippen molar-refractivity contribution < 1.29 is 13.2 Å². The van der Waals surface area contributed by atoms with Crippen LogP contribution in [0.5, 0.6) is 0 Å². The van der Waals surface area contributed by atoms with Crippen LogP contribution in [0.2, 0.25) is 0 Å². The molecule has 2 atom stereocenters. The minimum atomic E-state index is -3.06. The number of Topliss-reactive ketones (excluding diaryl/α,β-unsaturated/α-hetero) is 1. The zero-order valence-corrected chi connectivity index (χ0v) is 12.8. The van der Waals surface area contributed by atoms with E-state index in [0.29, 0.717) is 18.5 Å². The molecule has 0 N–H and O–H groups in total. The summed E-state index contributed by atoms with van der Waals surface area (Å²) in [5, 5.41) is -0.376. The quantitative estimate of drug-likeness (QED) is 0.800. The number of ketones is 1. The molecule has 0 aliphatic heterocycles. The summed E-state index contributed by atoms with van der Waals surface area (Å²) >= 11 is 0. The lowest BCUT2D eigenvalue weighted by Gasteiger charge is -2.27. The largest absolute Gasteiger partial charge is 0.292 e. The van der Waals surface area contributed by atoms with Crippen molar-refractivity contribution in [2.24, 2.45) is 5.92 Å². The van der Waals surface area contributed by atoms with Gasteiger partial charge in [-0.05, 0) is 37.3 Å². The molecule has 4 nitrogen and oxygen atoms in total. The number of nitrogens with zero attached hydrogens (tertiary/aromatic N) is 1. The van der Waals surface area contributed by atoms with Crippen LogP contribution in [0.4, 0.5) is 0 Å². The number of aryl methyl sites for hydroxylation is 1. The normalized spacial score (nSPS) is 23.5. The number of carbonyl (C=O) groups is 1. The van der Waals surface area contributed by atoms with Gasteiger partial charge in [0.15, 0.2) is 5.78 Å². The molecule has 2 unspecified atom stereocenters. The Hall–Kier alpha value is -1.23. The summed E-state index contributed by atoms with van der Waals surface area (Å²) in [6.45, 7) is 1.99. The minimum absolute atomic E-state index is 0.0100. The molecule has 1 saturated carbocycles. The van der Waals surface area contributed by atoms with Gasteiger partial charge in [-0.2, -0.15) is 0 Å². The molecule has 0 saturated heterocycles. The summed E-state index contributed by atoms with van der Waals surface area (Å²) in [6, 6.07) is 3.74. The highest BCUT2D eigenvalue weighted by atomic mass is 32.2. The van der Waals surface area contributed by atoms with Crippen LogP contribution in [0.1, 0.15) is 48.7 Å². The molecular weight excluding hydrogens is 274 g/mol. The molecule has 110 valence electrons. The maximum Gasteiger partial charge on any atom is 0.184 e. The van der Waals surface area contributed by atoms with Crippen LogP contribution in [-0.2, 0) is 16.3 Å². The third kappa shape index (κ3) is 3.26. The molecule has 5 heteroatoms. The number of aromatic nitrogens is 1. The standard InChI is InChI=1S/C15H21NO3S/c1-3-11-7-5-9-16-14(11)15(17)12-6-4-8-13(10-12)20(2,18)19/h5,7,9,12-13H,3-4,6,8,10H2,1-2H3. The fourth-order valence-corrected chi connectivity index (χ4v) is 4.09. The van der Waals surface area contributed by atoms with E-state index in [1.807, 2.05) is 19.1 Å². The molecule has 0 aromatic carbocycles. The molecule has 1 aliphatic rings. The lowest BCUT2D eigenvalue weighted by Crippen LogP contribution is -2.31. The lowest BCUT2D eigenvalue weighted by molar-refractivity contribution is 0.0884. The zero-order chi connectivity index (χ0) is 14.8. The van der Waals surface area contributed by atoms with E-state index >= 15 is 0 Å². The Kier molecular flexibility index (Phi) is 4.58. The first-order valence-corrected chi connectivity index (χ1v) is 9.06. The third-order valence-corrected chi connectivity index (χ3v) is 5.75. The van der Waals surface area contributed by atoms with Gasteiger partial charge in [0.1, 0.15) is 15.5 Å². The molecule has 0 spiro atoms. The van der Waals surface area contributed by atoms with Crippen molar-refractivity contribution in [3.63, 3.8) is 0 Å². The second-order valence-electron chi connectivity index (χ2n) is 5.54.